The van der Waals surface area contributed by atoms with E-state index in [4.69, 9.17) is 16.3 Å². The lowest BCUT2D eigenvalue weighted by Crippen LogP contribution is -3.15. The lowest BCUT2D eigenvalue weighted by molar-refractivity contribution is -0.900. The third kappa shape index (κ3) is 3.81. The van der Waals surface area contributed by atoms with Crippen molar-refractivity contribution in [2.24, 2.45) is 0 Å². The van der Waals surface area contributed by atoms with Gasteiger partial charge in [-0.2, -0.15) is 0 Å². The fourth-order valence-corrected chi connectivity index (χ4v) is 4.33. The summed E-state index contributed by atoms with van der Waals surface area (Å²) < 4.78 is 5.39. The molecule has 2 aliphatic rings. The Morgan fingerprint density at radius 3 is 2.64 bits per heavy atom. The molecular formula is C18H18Cl2N2O2S. The lowest BCUT2D eigenvalue weighted by Gasteiger charge is -2.32. The Labute approximate surface area is 162 Å². The normalized spacial score (nSPS) is 16.6. The Balaban J connectivity index is 0.00000182. The number of nitrogens with one attached hydrogen (secondary N) is 1. The molecule has 2 aromatic carbocycles. The number of quaternary nitrogens is 1. The third-order valence-corrected chi connectivity index (χ3v) is 5.70. The van der Waals surface area contributed by atoms with Crippen LogP contribution in [0.3, 0.4) is 0 Å². The zero-order valence-corrected chi connectivity index (χ0v) is 15.8. The molecule has 4 nitrogen and oxygen atoms in total. The Hall–Kier alpha value is -1.24. The summed E-state index contributed by atoms with van der Waals surface area (Å²) in [6.45, 7) is 3.65. The van der Waals surface area contributed by atoms with Crippen molar-refractivity contribution in [1.82, 2.24) is 0 Å². The number of benzene rings is 2. The number of nitrogens with zero attached hydrogens (tertiary/aromatic N) is 1. The van der Waals surface area contributed by atoms with Crippen molar-refractivity contribution < 1.29 is 26.8 Å². The second-order valence-electron chi connectivity index (χ2n) is 5.95. The molecule has 7 heteroatoms. The van der Waals surface area contributed by atoms with Crippen LogP contribution in [0, 0.1) is 0 Å². The minimum atomic E-state index is 0. The highest BCUT2D eigenvalue weighted by Gasteiger charge is 2.31. The topological polar surface area (TPSA) is 34.0 Å². The maximum absolute atomic E-state index is 13.1. The number of hydrogen-bond acceptors (Lipinski definition) is 3. The van der Waals surface area contributed by atoms with E-state index in [1.165, 1.54) is 4.90 Å². The van der Waals surface area contributed by atoms with Crippen LogP contribution in [-0.2, 0) is 9.53 Å². The molecule has 1 saturated heterocycles. The van der Waals surface area contributed by atoms with E-state index in [1.54, 1.807) is 11.8 Å². The van der Waals surface area contributed by atoms with Crippen molar-refractivity contribution >= 4 is 40.6 Å². The lowest BCUT2D eigenvalue weighted by atomic mass is 10.2. The number of anilines is 2. The Morgan fingerprint density at radius 2 is 1.84 bits per heavy atom. The molecule has 4 rings (SSSR count). The molecule has 0 radical (unpaired) electrons. The van der Waals surface area contributed by atoms with Crippen LogP contribution in [0.1, 0.15) is 0 Å². The maximum atomic E-state index is 13.1. The van der Waals surface area contributed by atoms with Gasteiger partial charge in [-0.05, 0) is 30.3 Å². The summed E-state index contributed by atoms with van der Waals surface area (Å²) in [7, 11) is 0. The van der Waals surface area contributed by atoms with Gasteiger partial charge in [-0.15, -0.1) is 0 Å². The molecule has 2 heterocycles. The molecule has 1 fully saturated rings. The smallest absolute Gasteiger partial charge is 0.286 e. The predicted molar refractivity (Wildman–Crippen MR) is 95.5 cm³/mol. The van der Waals surface area contributed by atoms with Crippen molar-refractivity contribution in [1.29, 1.82) is 0 Å². The standard InChI is InChI=1S/C18H17ClN2O2S.ClH/c19-13-5-6-17-15(11-13)21(14-3-1-2-4-16(14)24-17)18(22)12-20-7-9-23-10-8-20;/h1-6,11H,7-10,12H2;1H. The van der Waals surface area contributed by atoms with Gasteiger partial charge in [0.05, 0.1) is 24.6 Å². The van der Waals surface area contributed by atoms with Crippen molar-refractivity contribution in [3.63, 3.8) is 0 Å². The largest absolute Gasteiger partial charge is 1.00 e. The Bertz CT molecular complexity index is 781. The van der Waals surface area contributed by atoms with Crippen LogP contribution in [0.25, 0.3) is 0 Å². The molecule has 0 unspecified atom stereocenters. The molecule has 2 aromatic rings. The van der Waals surface area contributed by atoms with Crippen LogP contribution in [0.15, 0.2) is 52.3 Å². The van der Waals surface area contributed by atoms with Crippen LogP contribution >= 0.6 is 23.4 Å². The van der Waals surface area contributed by atoms with Crippen LogP contribution in [0.4, 0.5) is 11.4 Å². The fourth-order valence-electron chi connectivity index (χ4n) is 3.13. The van der Waals surface area contributed by atoms with Crippen LogP contribution < -0.4 is 22.2 Å². The van der Waals surface area contributed by atoms with Gasteiger partial charge in [0.25, 0.3) is 5.91 Å². The number of halogens is 2. The molecule has 0 bridgehead atoms. The molecule has 1 N–H and O–H groups in total. The van der Waals surface area contributed by atoms with Gasteiger partial charge in [-0.1, -0.05) is 35.5 Å². The van der Waals surface area contributed by atoms with E-state index in [0.29, 0.717) is 11.6 Å². The van der Waals surface area contributed by atoms with E-state index in [2.05, 4.69) is 6.07 Å². The molecule has 0 spiro atoms. The highest BCUT2D eigenvalue weighted by Crippen LogP contribution is 2.48. The average Bonchev–Trinajstić information content (AvgIpc) is 2.60. The molecular weight excluding hydrogens is 379 g/mol. The van der Waals surface area contributed by atoms with E-state index in [9.17, 15) is 4.79 Å². The van der Waals surface area contributed by atoms with Gasteiger partial charge < -0.3 is 22.0 Å². The minimum absolute atomic E-state index is 0. The van der Waals surface area contributed by atoms with Gasteiger partial charge in [0.15, 0.2) is 6.54 Å². The Morgan fingerprint density at radius 1 is 1.12 bits per heavy atom. The van der Waals surface area contributed by atoms with E-state index >= 15 is 0 Å². The van der Waals surface area contributed by atoms with E-state index in [-0.39, 0.29) is 18.3 Å². The van der Waals surface area contributed by atoms with Crippen LogP contribution in [0.5, 0.6) is 0 Å². The fraction of sp³-hybridized carbons (Fsp3) is 0.278. The first kappa shape index (κ1) is 18.5. The first-order valence-electron chi connectivity index (χ1n) is 8.03. The summed E-state index contributed by atoms with van der Waals surface area (Å²) in [6, 6.07) is 13.8. The average molecular weight is 397 g/mol. The van der Waals surface area contributed by atoms with Gasteiger partial charge in [-0.25, -0.2) is 0 Å². The number of para-hydroxylation sites is 1. The number of rotatable bonds is 2. The summed E-state index contributed by atoms with van der Waals surface area (Å²) in [6.07, 6.45) is 0. The van der Waals surface area contributed by atoms with Crippen molar-refractivity contribution in [2.45, 2.75) is 9.79 Å². The van der Waals surface area contributed by atoms with Crippen LogP contribution in [-0.4, -0.2) is 38.8 Å². The maximum Gasteiger partial charge on any atom is 0.286 e. The van der Waals surface area contributed by atoms with Crippen molar-refractivity contribution in [2.75, 3.05) is 37.7 Å². The second-order valence-corrected chi connectivity index (χ2v) is 7.47. The van der Waals surface area contributed by atoms with Crippen molar-refractivity contribution in [3.05, 3.63) is 47.5 Å². The summed E-state index contributed by atoms with van der Waals surface area (Å²) in [5.41, 5.74) is 1.82. The quantitative estimate of drug-likeness (QED) is 0.735. The zero-order chi connectivity index (χ0) is 16.5. The minimum Gasteiger partial charge on any atom is -1.00 e. The van der Waals surface area contributed by atoms with Gasteiger partial charge in [0.2, 0.25) is 0 Å². The van der Waals surface area contributed by atoms with Gasteiger partial charge >= 0.3 is 0 Å². The number of fused-ring (bicyclic) bond motifs is 2. The molecule has 0 saturated carbocycles. The predicted octanol–water partition coefficient (Wildman–Crippen LogP) is -0.612. The number of morpholine rings is 1. The van der Waals surface area contributed by atoms with E-state index < -0.39 is 0 Å². The Kier molecular flexibility index (Phi) is 5.92. The first-order chi connectivity index (χ1) is 11.7. The number of carbonyl (C=O) groups is 1. The molecule has 0 aromatic heterocycles. The SMILES string of the molecule is O=C(C[NH+]1CCOCC1)N1c2ccccc2Sc2ccc(Cl)cc21.[Cl-]. The monoisotopic (exact) mass is 396 g/mol. The number of carbonyl (C=O) groups excluding carboxylic acids is 1. The summed E-state index contributed by atoms with van der Waals surface area (Å²) in [5, 5.41) is 0.644. The zero-order valence-electron chi connectivity index (χ0n) is 13.5. The second kappa shape index (κ2) is 7.98. The van der Waals surface area contributed by atoms with Gasteiger partial charge in [0.1, 0.15) is 13.1 Å². The van der Waals surface area contributed by atoms with Gasteiger partial charge in [-0.3, -0.25) is 9.69 Å². The molecule has 1 amide bonds. The van der Waals surface area contributed by atoms with Crippen molar-refractivity contribution in [3.8, 4) is 0 Å². The highest BCUT2D eigenvalue weighted by atomic mass is 35.5. The number of ether oxygens (including phenoxy) is 1. The van der Waals surface area contributed by atoms with Crippen LogP contribution in [0.2, 0.25) is 5.02 Å². The summed E-state index contributed by atoms with van der Waals surface area (Å²) >= 11 is 7.88. The summed E-state index contributed by atoms with van der Waals surface area (Å²) in [4.78, 5) is 18.4. The van der Waals surface area contributed by atoms with E-state index in [0.717, 1.165) is 47.5 Å². The number of hydrogen-bond donors (Lipinski definition) is 1. The molecule has 25 heavy (non-hydrogen) atoms. The third-order valence-electron chi connectivity index (χ3n) is 4.34. The number of amides is 1. The summed E-state index contributed by atoms with van der Waals surface area (Å²) in [5.74, 6) is 0.100. The molecule has 0 aliphatic carbocycles. The van der Waals surface area contributed by atoms with E-state index in [1.807, 2.05) is 41.3 Å². The first-order valence-corrected chi connectivity index (χ1v) is 9.22. The van der Waals surface area contributed by atoms with Gasteiger partial charge in [0, 0.05) is 14.8 Å². The molecule has 132 valence electrons. The molecule has 2 aliphatic heterocycles. The molecule has 0 atom stereocenters. The highest BCUT2D eigenvalue weighted by molar-refractivity contribution is 7.99.